The Kier molecular flexibility index (Phi) is 6.98. The van der Waals surface area contributed by atoms with Crippen molar-refractivity contribution in [3.05, 3.63) is 67.4 Å². The summed E-state index contributed by atoms with van der Waals surface area (Å²) in [4.78, 5) is 28.5. The minimum absolute atomic E-state index is 0.00286. The van der Waals surface area contributed by atoms with Crippen LogP contribution in [0.2, 0.25) is 5.02 Å². The topological polar surface area (TPSA) is 134 Å². The van der Waals surface area contributed by atoms with Crippen molar-refractivity contribution >= 4 is 38.7 Å². The van der Waals surface area contributed by atoms with E-state index in [1.54, 1.807) is 25.1 Å². The van der Waals surface area contributed by atoms with Gasteiger partial charge < -0.3 is 20.5 Å². The monoisotopic (exact) mass is 495 g/mol. The number of phenolic OH excluding ortho intramolecular Hbond substituents is 1. The number of ether oxygens (including phenoxy) is 1. The van der Waals surface area contributed by atoms with E-state index in [9.17, 15) is 23.1 Å². The minimum atomic E-state index is -4.30. The highest BCUT2D eigenvalue weighted by atomic mass is 35.5. The van der Waals surface area contributed by atoms with Crippen molar-refractivity contribution in [2.45, 2.75) is 17.9 Å². The van der Waals surface area contributed by atoms with E-state index in [0.717, 1.165) is 19.7 Å². The summed E-state index contributed by atoms with van der Waals surface area (Å²) in [7, 11) is -0.505. The number of hydrogen-bond donors (Lipinski definition) is 3. The second-order valence-electron chi connectivity index (χ2n) is 7.05. The summed E-state index contributed by atoms with van der Waals surface area (Å²) >= 11 is 6.01. The Morgan fingerprint density at radius 1 is 1.09 bits per heavy atom. The molecular weight excluding hydrogens is 474 g/mol. The number of rotatable bonds is 9. The number of halogens is 1. The van der Waals surface area contributed by atoms with E-state index < -0.39 is 31.5 Å². The molecule has 3 aromatic rings. The van der Waals surface area contributed by atoms with E-state index >= 15 is 0 Å². The van der Waals surface area contributed by atoms with E-state index in [0.29, 0.717) is 10.2 Å². The summed E-state index contributed by atoms with van der Waals surface area (Å²) in [5.41, 5.74) is -1.000. The number of phenols is 1. The van der Waals surface area contributed by atoms with Gasteiger partial charge in [0.2, 0.25) is 0 Å². The van der Waals surface area contributed by atoms with Gasteiger partial charge in [-0.15, -0.1) is 0 Å². The van der Waals surface area contributed by atoms with E-state index in [1.807, 2.05) is 6.07 Å². The Morgan fingerprint density at radius 3 is 2.39 bits per heavy atom. The molecule has 0 saturated carbocycles. The quantitative estimate of drug-likeness (QED) is 0.232. The molecule has 12 heteroatoms. The summed E-state index contributed by atoms with van der Waals surface area (Å²) in [6.07, 6.45) is 0. The van der Waals surface area contributed by atoms with Crippen LogP contribution < -0.4 is 26.2 Å². The van der Waals surface area contributed by atoms with Crippen molar-refractivity contribution in [3.63, 3.8) is 0 Å². The van der Waals surface area contributed by atoms with Gasteiger partial charge in [0.1, 0.15) is 22.0 Å². The molecule has 0 radical (unpaired) electrons. The SMILES string of the molecule is COc1cccc(C(C)Nc2c(Nc3ccc(Cl)c(S(=O)(=O)N(C)OC)c3O)c(=O)c2=O)c1. The van der Waals surface area contributed by atoms with Crippen molar-refractivity contribution in [3.8, 4) is 11.5 Å². The van der Waals surface area contributed by atoms with Crippen LogP contribution in [0.3, 0.4) is 0 Å². The summed E-state index contributed by atoms with van der Waals surface area (Å²) in [6, 6.07) is 9.33. The Labute approximate surface area is 195 Å². The molecule has 0 heterocycles. The van der Waals surface area contributed by atoms with Crippen LogP contribution in [0, 0.1) is 0 Å². The highest BCUT2D eigenvalue weighted by Gasteiger charge is 2.31. The molecule has 0 aliphatic heterocycles. The lowest BCUT2D eigenvalue weighted by Gasteiger charge is -2.21. The van der Waals surface area contributed by atoms with Crippen LogP contribution in [0.15, 0.2) is 50.9 Å². The van der Waals surface area contributed by atoms with Crippen LogP contribution in [0.5, 0.6) is 11.5 Å². The van der Waals surface area contributed by atoms with E-state index in [-0.39, 0.29) is 28.1 Å². The molecule has 33 heavy (non-hydrogen) atoms. The van der Waals surface area contributed by atoms with Crippen LogP contribution in [0.25, 0.3) is 0 Å². The largest absolute Gasteiger partial charge is 0.504 e. The lowest BCUT2D eigenvalue weighted by atomic mass is 10.1. The standard InChI is InChI=1S/C21H22ClN3O7S/c1-11(12-6-5-7-13(10-12)31-3)23-16-17(20(28)19(16)27)24-15-9-8-14(22)21(18(15)26)33(29,30)25(2)32-4/h5-11,23-24,26H,1-4H3. The van der Waals surface area contributed by atoms with Crippen LogP contribution in [0.1, 0.15) is 18.5 Å². The van der Waals surface area contributed by atoms with Gasteiger partial charge in [0.05, 0.1) is 24.9 Å². The molecule has 1 atom stereocenters. The lowest BCUT2D eigenvalue weighted by Crippen LogP contribution is -2.37. The van der Waals surface area contributed by atoms with E-state index in [2.05, 4.69) is 10.6 Å². The third kappa shape index (κ3) is 4.53. The Morgan fingerprint density at radius 2 is 1.76 bits per heavy atom. The predicted molar refractivity (Wildman–Crippen MR) is 125 cm³/mol. The van der Waals surface area contributed by atoms with Crippen molar-refractivity contribution in [2.75, 3.05) is 31.9 Å². The number of anilines is 3. The van der Waals surface area contributed by atoms with Crippen molar-refractivity contribution < 1.29 is 23.1 Å². The first-order valence-electron chi connectivity index (χ1n) is 9.58. The van der Waals surface area contributed by atoms with Crippen molar-refractivity contribution in [1.82, 2.24) is 4.47 Å². The van der Waals surface area contributed by atoms with Gasteiger partial charge in [-0.1, -0.05) is 28.2 Å². The zero-order valence-electron chi connectivity index (χ0n) is 18.2. The van der Waals surface area contributed by atoms with Crippen LogP contribution in [-0.2, 0) is 14.9 Å². The molecule has 0 fully saturated rings. The fourth-order valence-corrected chi connectivity index (χ4v) is 4.68. The van der Waals surface area contributed by atoms with Gasteiger partial charge in [-0.3, -0.25) is 14.4 Å². The molecule has 0 aliphatic carbocycles. The first-order chi connectivity index (χ1) is 15.5. The number of methoxy groups -OCH3 is 1. The number of sulfonamides is 1. The van der Waals surface area contributed by atoms with Crippen LogP contribution in [0.4, 0.5) is 17.1 Å². The Bertz CT molecular complexity index is 1370. The third-order valence-electron chi connectivity index (χ3n) is 5.06. The molecular formula is C21H22ClN3O7S. The van der Waals surface area contributed by atoms with Gasteiger partial charge in [0.25, 0.3) is 20.9 Å². The molecule has 0 saturated heterocycles. The summed E-state index contributed by atoms with van der Waals surface area (Å²) in [6.45, 7) is 1.79. The maximum atomic E-state index is 12.6. The molecule has 3 rings (SSSR count). The number of nitrogens with zero attached hydrogens (tertiary/aromatic N) is 1. The molecule has 0 spiro atoms. The van der Waals surface area contributed by atoms with Crippen LogP contribution >= 0.6 is 11.6 Å². The third-order valence-corrected chi connectivity index (χ3v) is 7.24. The summed E-state index contributed by atoms with van der Waals surface area (Å²) < 4.78 is 31.0. The van der Waals surface area contributed by atoms with Gasteiger partial charge in [-0.2, -0.15) is 0 Å². The highest BCUT2D eigenvalue weighted by Crippen LogP contribution is 2.40. The number of aromatic hydroxyl groups is 1. The predicted octanol–water partition coefficient (Wildman–Crippen LogP) is 2.75. The average molecular weight is 496 g/mol. The van der Waals surface area contributed by atoms with Gasteiger partial charge in [-0.05, 0) is 36.8 Å². The van der Waals surface area contributed by atoms with Gasteiger partial charge >= 0.3 is 0 Å². The second-order valence-corrected chi connectivity index (χ2v) is 9.33. The highest BCUT2D eigenvalue weighted by molar-refractivity contribution is 7.89. The minimum Gasteiger partial charge on any atom is -0.504 e. The zero-order valence-corrected chi connectivity index (χ0v) is 19.7. The summed E-state index contributed by atoms with van der Waals surface area (Å²) in [5.74, 6) is -0.100. The first-order valence-corrected chi connectivity index (χ1v) is 11.4. The molecule has 0 aliphatic rings. The van der Waals surface area contributed by atoms with Crippen LogP contribution in [-0.4, -0.2) is 39.3 Å². The number of hydroxylamine groups is 1. The molecule has 3 aromatic carbocycles. The number of hydrogen-bond acceptors (Lipinski definition) is 9. The number of nitrogens with one attached hydrogen (secondary N) is 2. The average Bonchev–Trinajstić information content (AvgIpc) is 2.81. The molecule has 1 unspecified atom stereocenters. The molecule has 176 valence electrons. The molecule has 3 N–H and O–H groups in total. The molecule has 0 bridgehead atoms. The zero-order chi connectivity index (χ0) is 24.5. The maximum Gasteiger partial charge on any atom is 0.269 e. The maximum absolute atomic E-state index is 12.6. The van der Waals surface area contributed by atoms with Gasteiger partial charge in [0.15, 0.2) is 5.75 Å². The Balaban J connectivity index is 1.95. The fourth-order valence-electron chi connectivity index (χ4n) is 3.11. The normalized spacial score (nSPS) is 12.7. The smallest absolute Gasteiger partial charge is 0.269 e. The van der Waals surface area contributed by atoms with Gasteiger partial charge in [0, 0.05) is 13.1 Å². The number of benzene rings is 2. The van der Waals surface area contributed by atoms with Crippen molar-refractivity contribution in [1.29, 1.82) is 0 Å². The lowest BCUT2D eigenvalue weighted by molar-refractivity contribution is -0.0259. The summed E-state index contributed by atoms with van der Waals surface area (Å²) in [5, 5.41) is 16.0. The van der Waals surface area contributed by atoms with E-state index in [4.69, 9.17) is 21.2 Å². The van der Waals surface area contributed by atoms with Gasteiger partial charge in [-0.25, -0.2) is 8.42 Å². The first kappa shape index (κ1) is 24.5. The fraction of sp³-hybridized carbons (Fsp3) is 0.238. The molecule has 0 amide bonds. The second kappa shape index (κ2) is 9.40. The Hall–Kier alpha value is -3.12. The van der Waals surface area contributed by atoms with Crippen molar-refractivity contribution in [2.24, 2.45) is 0 Å². The van der Waals surface area contributed by atoms with E-state index in [1.165, 1.54) is 19.2 Å². The molecule has 10 nitrogen and oxygen atoms in total. The molecule has 0 aromatic heterocycles.